The van der Waals surface area contributed by atoms with Crippen LogP contribution in [0.5, 0.6) is 0 Å². The Morgan fingerprint density at radius 1 is 1.05 bits per heavy atom. The molecule has 1 aromatic rings. The Labute approximate surface area is 135 Å². The maximum Gasteiger partial charge on any atom is -0.00200 e. The van der Waals surface area contributed by atoms with Gasteiger partial charge in [0.1, 0.15) is 0 Å². The van der Waals surface area contributed by atoms with Crippen molar-refractivity contribution in [3.8, 4) is 0 Å². The highest BCUT2D eigenvalue weighted by atomic mass is 35.5. The minimum atomic E-state index is 0. The Balaban J connectivity index is 0.00000132. The van der Waals surface area contributed by atoms with Crippen molar-refractivity contribution in [1.29, 1.82) is 0 Å². The zero-order chi connectivity index (χ0) is 14.0. The molecule has 4 fully saturated rings. The molecule has 2 unspecified atom stereocenters. The fourth-order valence-corrected chi connectivity index (χ4v) is 6.10. The van der Waals surface area contributed by atoms with Crippen LogP contribution in [0.3, 0.4) is 0 Å². The van der Waals surface area contributed by atoms with Crippen LogP contribution < -0.4 is 5.73 Å². The lowest BCUT2D eigenvalue weighted by atomic mass is 9.43. The van der Waals surface area contributed by atoms with Crippen LogP contribution in [-0.2, 0) is 5.41 Å². The summed E-state index contributed by atoms with van der Waals surface area (Å²) < 4.78 is 0. The molecule has 0 aliphatic heterocycles. The van der Waals surface area contributed by atoms with E-state index in [4.69, 9.17) is 5.73 Å². The molecule has 0 amide bonds. The minimum Gasteiger partial charge on any atom is -0.330 e. The van der Waals surface area contributed by atoms with E-state index in [2.05, 4.69) is 32.0 Å². The molecule has 1 aromatic carbocycles. The summed E-state index contributed by atoms with van der Waals surface area (Å²) in [5.74, 6) is 1.89. The number of nitrogens with two attached hydrogens (primary N) is 1. The van der Waals surface area contributed by atoms with E-state index in [1.54, 1.807) is 5.56 Å². The Hall–Kier alpha value is -0.530. The van der Waals surface area contributed by atoms with E-state index in [9.17, 15) is 0 Å². The van der Waals surface area contributed by atoms with E-state index < -0.39 is 0 Å². The Bertz CT molecular complexity index is 536. The average Bonchev–Trinajstić information content (AvgIpc) is 2.40. The molecule has 0 heterocycles. The molecule has 116 valence electrons. The first kappa shape index (κ1) is 15.4. The maximum absolute atomic E-state index is 6.22. The van der Waals surface area contributed by atoms with Gasteiger partial charge in [0, 0.05) is 0 Å². The van der Waals surface area contributed by atoms with Crippen molar-refractivity contribution in [1.82, 2.24) is 0 Å². The van der Waals surface area contributed by atoms with Crippen molar-refractivity contribution in [2.45, 2.75) is 57.8 Å². The normalized spacial score (nSPS) is 40.1. The van der Waals surface area contributed by atoms with Gasteiger partial charge >= 0.3 is 0 Å². The van der Waals surface area contributed by atoms with Gasteiger partial charge in [0.2, 0.25) is 0 Å². The van der Waals surface area contributed by atoms with Crippen LogP contribution in [0.4, 0.5) is 0 Å². The van der Waals surface area contributed by atoms with Gasteiger partial charge in [0.25, 0.3) is 0 Å². The number of halogens is 1. The predicted octanol–water partition coefficient (Wildman–Crippen LogP) is 4.52. The first-order valence-electron chi connectivity index (χ1n) is 8.32. The molecule has 5 rings (SSSR count). The molecule has 4 aliphatic rings. The summed E-state index contributed by atoms with van der Waals surface area (Å²) in [5, 5.41) is 0. The lowest BCUT2D eigenvalue weighted by Gasteiger charge is -2.62. The predicted molar refractivity (Wildman–Crippen MR) is 91.0 cm³/mol. The summed E-state index contributed by atoms with van der Waals surface area (Å²) in [4.78, 5) is 0. The first-order valence-corrected chi connectivity index (χ1v) is 8.32. The topological polar surface area (TPSA) is 26.0 Å². The fraction of sp³-hybridized carbons (Fsp3) is 0.684. The van der Waals surface area contributed by atoms with Gasteiger partial charge in [-0.1, -0.05) is 18.2 Å². The van der Waals surface area contributed by atoms with Crippen LogP contribution in [0.1, 0.15) is 55.2 Å². The third-order valence-electron chi connectivity index (χ3n) is 6.73. The molecule has 1 nitrogen and oxygen atoms in total. The molecule has 0 radical (unpaired) electrons. The van der Waals surface area contributed by atoms with Gasteiger partial charge in [-0.25, -0.2) is 0 Å². The molecule has 4 aliphatic carbocycles. The number of hydrogen-bond donors (Lipinski definition) is 1. The summed E-state index contributed by atoms with van der Waals surface area (Å²) in [5.41, 5.74) is 11.7. The smallest absolute Gasteiger partial charge is 0.00200 e. The molecule has 2 heteroatoms. The summed E-state index contributed by atoms with van der Waals surface area (Å²) in [6.45, 7) is 5.39. The van der Waals surface area contributed by atoms with Crippen molar-refractivity contribution < 1.29 is 0 Å². The first-order chi connectivity index (χ1) is 9.54. The number of hydrogen-bond acceptors (Lipinski definition) is 1. The third-order valence-corrected chi connectivity index (χ3v) is 6.73. The van der Waals surface area contributed by atoms with E-state index >= 15 is 0 Å². The van der Waals surface area contributed by atoms with Gasteiger partial charge in [-0.15, -0.1) is 12.4 Å². The molecule has 4 bridgehead atoms. The van der Waals surface area contributed by atoms with E-state index in [1.807, 2.05) is 0 Å². The maximum atomic E-state index is 6.22. The van der Waals surface area contributed by atoms with Crippen LogP contribution in [0, 0.1) is 31.1 Å². The van der Waals surface area contributed by atoms with Crippen LogP contribution in [0.15, 0.2) is 18.2 Å². The fourth-order valence-electron chi connectivity index (χ4n) is 6.10. The van der Waals surface area contributed by atoms with Gasteiger partial charge in [-0.05, 0) is 98.3 Å². The molecule has 4 saturated carbocycles. The molecular weight excluding hydrogens is 278 g/mol. The lowest BCUT2D eigenvalue weighted by molar-refractivity contribution is -0.0667. The van der Waals surface area contributed by atoms with Gasteiger partial charge in [-0.3, -0.25) is 0 Å². The molecule has 0 spiro atoms. The van der Waals surface area contributed by atoms with Crippen molar-refractivity contribution in [2.75, 3.05) is 6.54 Å². The molecule has 2 N–H and O–H groups in total. The van der Waals surface area contributed by atoms with Crippen molar-refractivity contribution in [2.24, 2.45) is 23.0 Å². The zero-order valence-electron chi connectivity index (χ0n) is 13.3. The molecule has 0 saturated heterocycles. The Kier molecular flexibility index (Phi) is 3.65. The second-order valence-electron chi connectivity index (χ2n) is 8.24. The second kappa shape index (κ2) is 4.99. The minimum absolute atomic E-state index is 0. The van der Waals surface area contributed by atoms with Gasteiger partial charge in [0.15, 0.2) is 0 Å². The summed E-state index contributed by atoms with van der Waals surface area (Å²) in [7, 11) is 0. The highest BCUT2D eigenvalue weighted by Crippen LogP contribution is 2.65. The van der Waals surface area contributed by atoms with E-state index in [1.165, 1.54) is 49.7 Å². The van der Waals surface area contributed by atoms with Crippen LogP contribution in [0.2, 0.25) is 0 Å². The van der Waals surface area contributed by atoms with Crippen molar-refractivity contribution >= 4 is 12.4 Å². The summed E-state index contributed by atoms with van der Waals surface area (Å²) in [6, 6.07) is 7.23. The molecule has 0 aromatic heterocycles. The molecule has 21 heavy (non-hydrogen) atoms. The average molecular weight is 306 g/mol. The highest BCUT2D eigenvalue weighted by Gasteiger charge is 2.57. The quantitative estimate of drug-likeness (QED) is 0.854. The van der Waals surface area contributed by atoms with Crippen molar-refractivity contribution in [3.63, 3.8) is 0 Å². The van der Waals surface area contributed by atoms with Crippen molar-refractivity contribution in [3.05, 3.63) is 34.9 Å². The highest BCUT2D eigenvalue weighted by molar-refractivity contribution is 5.85. The van der Waals surface area contributed by atoms with Crippen LogP contribution in [-0.4, -0.2) is 6.54 Å². The van der Waals surface area contributed by atoms with Gasteiger partial charge in [-0.2, -0.15) is 0 Å². The van der Waals surface area contributed by atoms with Crippen LogP contribution in [0.25, 0.3) is 0 Å². The van der Waals surface area contributed by atoms with Crippen LogP contribution >= 0.6 is 12.4 Å². The second-order valence-corrected chi connectivity index (χ2v) is 8.24. The number of benzene rings is 1. The summed E-state index contributed by atoms with van der Waals surface area (Å²) in [6.07, 6.45) is 8.50. The number of aryl methyl sites for hydroxylation is 2. The van der Waals surface area contributed by atoms with E-state index in [0.29, 0.717) is 10.8 Å². The Morgan fingerprint density at radius 3 is 2.29 bits per heavy atom. The van der Waals surface area contributed by atoms with E-state index in [0.717, 1.165) is 18.4 Å². The summed E-state index contributed by atoms with van der Waals surface area (Å²) >= 11 is 0. The van der Waals surface area contributed by atoms with Gasteiger partial charge in [0.05, 0.1) is 0 Å². The largest absolute Gasteiger partial charge is 0.330 e. The standard InChI is InChI=1S/C19H27N.ClH/c1-13-3-4-17(5-14(13)2)19-9-15-6-16(10-19)8-18(7-15,11-19)12-20;/h3-5,15-16H,6-12,20H2,1-2H3;1H. The molecular formula is C19H28ClN. The SMILES string of the molecule is Cc1ccc(C23CC4CC(CC(CN)(C4)C2)C3)cc1C.Cl. The lowest BCUT2D eigenvalue weighted by Crippen LogP contribution is -2.56. The zero-order valence-corrected chi connectivity index (χ0v) is 14.1. The molecule has 2 atom stereocenters. The number of rotatable bonds is 2. The monoisotopic (exact) mass is 305 g/mol. The van der Waals surface area contributed by atoms with Gasteiger partial charge < -0.3 is 5.73 Å². The van der Waals surface area contributed by atoms with E-state index in [-0.39, 0.29) is 12.4 Å². The third kappa shape index (κ3) is 2.24. The Morgan fingerprint density at radius 2 is 1.71 bits per heavy atom.